The van der Waals surface area contributed by atoms with E-state index in [4.69, 9.17) is 4.98 Å². The molecule has 1 N–H and O–H groups in total. The average molecular weight is 263 g/mol. The van der Waals surface area contributed by atoms with Crippen molar-refractivity contribution in [3.8, 4) is 11.3 Å². The number of nitrogens with zero attached hydrogens (tertiary/aromatic N) is 1. The summed E-state index contributed by atoms with van der Waals surface area (Å²) in [6.07, 6.45) is 0. The molecular weight excluding hydrogens is 246 g/mol. The highest BCUT2D eigenvalue weighted by Gasteiger charge is 2.09. The van der Waals surface area contributed by atoms with Gasteiger partial charge < -0.3 is 5.11 Å². The predicted octanol–water partition coefficient (Wildman–Crippen LogP) is 4.01. The molecule has 3 rings (SSSR count). The van der Waals surface area contributed by atoms with E-state index in [1.54, 1.807) is 0 Å². The quantitative estimate of drug-likeness (QED) is 0.757. The second kappa shape index (κ2) is 5.06. The van der Waals surface area contributed by atoms with Gasteiger partial charge in [-0.25, -0.2) is 4.98 Å². The largest absolute Gasteiger partial charge is 0.392 e. The van der Waals surface area contributed by atoms with Crippen molar-refractivity contribution in [3.05, 3.63) is 65.2 Å². The molecule has 2 nitrogen and oxygen atoms in total. The number of pyridine rings is 1. The topological polar surface area (TPSA) is 33.1 Å². The van der Waals surface area contributed by atoms with Gasteiger partial charge in [-0.2, -0.15) is 0 Å². The molecule has 0 atom stereocenters. The smallest absolute Gasteiger partial charge is 0.0764 e. The fourth-order valence-electron chi connectivity index (χ4n) is 2.47. The van der Waals surface area contributed by atoms with Gasteiger partial charge in [-0.3, -0.25) is 0 Å². The maximum atomic E-state index is 9.62. The van der Waals surface area contributed by atoms with Crippen molar-refractivity contribution in [1.29, 1.82) is 0 Å². The molecule has 0 aliphatic rings. The molecule has 3 aromatic rings. The van der Waals surface area contributed by atoms with Crippen LogP contribution in [0.5, 0.6) is 0 Å². The molecule has 2 heteroatoms. The predicted molar refractivity (Wildman–Crippen MR) is 82.6 cm³/mol. The molecular formula is C18H17NO. The number of aromatic nitrogens is 1. The second-order valence-corrected chi connectivity index (χ2v) is 5.17. The number of aryl methyl sites for hydroxylation is 2. The Morgan fingerprint density at radius 2 is 1.75 bits per heavy atom. The summed E-state index contributed by atoms with van der Waals surface area (Å²) in [5, 5.41) is 10.7. The Labute approximate surface area is 118 Å². The fraction of sp³-hybridized carbons (Fsp3) is 0.167. The van der Waals surface area contributed by atoms with Gasteiger partial charge in [-0.1, -0.05) is 48.0 Å². The number of hydrogen-bond acceptors (Lipinski definition) is 2. The lowest BCUT2D eigenvalue weighted by Crippen LogP contribution is -1.96. The maximum absolute atomic E-state index is 9.62. The lowest BCUT2D eigenvalue weighted by molar-refractivity contribution is 0.282. The first-order valence-corrected chi connectivity index (χ1v) is 6.76. The van der Waals surface area contributed by atoms with Crippen LogP contribution in [0.25, 0.3) is 22.2 Å². The molecule has 1 heterocycles. The minimum absolute atomic E-state index is 0.0000909. The zero-order chi connectivity index (χ0) is 14.1. The minimum Gasteiger partial charge on any atom is -0.392 e. The number of rotatable bonds is 2. The summed E-state index contributed by atoms with van der Waals surface area (Å²) in [4.78, 5) is 4.79. The van der Waals surface area contributed by atoms with E-state index in [-0.39, 0.29) is 6.61 Å². The van der Waals surface area contributed by atoms with Crippen LogP contribution in [0.1, 0.15) is 16.7 Å². The van der Waals surface area contributed by atoms with Gasteiger partial charge in [-0.15, -0.1) is 0 Å². The SMILES string of the molecule is Cc1ccc(-c2nc3c(C)cccc3cc2CO)cc1. The van der Waals surface area contributed by atoms with Crippen molar-refractivity contribution in [2.45, 2.75) is 20.5 Å². The highest BCUT2D eigenvalue weighted by Crippen LogP contribution is 2.27. The van der Waals surface area contributed by atoms with Gasteiger partial charge in [0, 0.05) is 16.5 Å². The standard InChI is InChI=1S/C18H17NO/c1-12-6-8-14(9-7-12)18-16(11-20)10-15-5-3-4-13(2)17(15)19-18/h3-10,20H,11H2,1-2H3. The average Bonchev–Trinajstić information content (AvgIpc) is 2.47. The zero-order valence-electron chi connectivity index (χ0n) is 11.7. The number of aliphatic hydroxyl groups excluding tert-OH is 1. The summed E-state index contributed by atoms with van der Waals surface area (Å²) in [7, 11) is 0. The van der Waals surface area contributed by atoms with E-state index in [0.717, 1.165) is 33.3 Å². The third-order valence-corrected chi connectivity index (χ3v) is 3.62. The summed E-state index contributed by atoms with van der Waals surface area (Å²) in [6.45, 7) is 4.13. The molecule has 0 saturated heterocycles. The summed E-state index contributed by atoms with van der Waals surface area (Å²) in [6, 6.07) is 16.4. The Kier molecular flexibility index (Phi) is 3.25. The second-order valence-electron chi connectivity index (χ2n) is 5.17. The monoisotopic (exact) mass is 263 g/mol. The van der Waals surface area contributed by atoms with Crippen LogP contribution in [0, 0.1) is 13.8 Å². The number of para-hydroxylation sites is 1. The van der Waals surface area contributed by atoms with Crippen molar-refractivity contribution in [2.75, 3.05) is 0 Å². The van der Waals surface area contributed by atoms with Crippen molar-refractivity contribution < 1.29 is 5.11 Å². The molecule has 0 fully saturated rings. The van der Waals surface area contributed by atoms with E-state index in [2.05, 4.69) is 44.2 Å². The lowest BCUT2D eigenvalue weighted by atomic mass is 10.0. The number of hydrogen-bond donors (Lipinski definition) is 1. The Balaban J connectivity index is 2.28. The maximum Gasteiger partial charge on any atom is 0.0764 e. The van der Waals surface area contributed by atoms with Gasteiger partial charge in [-0.05, 0) is 25.5 Å². The van der Waals surface area contributed by atoms with E-state index >= 15 is 0 Å². The van der Waals surface area contributed by atoms with Crippen LogP contribution in [0.15, 0.2) is 48.5 Å². The summed E-state index contributed by atoms with van der Waals surface area (Å²) >= 11 is 0. The summed E-state index contributed by atoms with van der Waals surface area (Å²) in [5.74, 6) is 0. The normalized spacial score (nSPS) is 10.9. The van der Waals surface area contributed by atoms with Crippen molar-refractivity contribution in [1.82, 2.24) is 4.98 Å². The van der Waals surface area contributed by atoms with Gasteiger partial charge in [0.05, 0.1) is 17.8 Å². The molecule has 0 saturated carbocycles. The Morgan fingerprint density at radius 1 is 1.00 bits per heavy atom. The van der Waals surface area contributed by atoms with Gasteiger partial charge in [0.25, 0.3) is 0 Å². The molecule has 0 spiro atoms. The molecule has 0 amide bonds. The van der Waals surface area contributed by atoms with Crippen molar-refractivity contribution in [3.63, 3.8) is 0 Å². The van der Waals surface area contributed by atoms with Crippen LogP contribution in [-0.4, -0.2) is 10.1 Å². The first kappa shape index (κ1) is 12.8. The third kappa shape index (κ3) is 2.19. The Morgan fingerprint density at radius 3 is 2.45 bits per heavy atom. The van der Waals surface area contributed by atoms with E-state index in [1.807, 2.05) is 18.2 Å². The van der Waals surface area contributed by atoms with Gasteiger partial charge >= 0.3 is 0 Å². The zero-order valence-corrected chi connectivity index (χ0v) is 11.7. The Bertz CT molecular complexity index is 760. The molecule has 100 valence electrons. The van der Waals surface area contributed by atoms with Crippen LogP contribution in [0.2, 0.25) is 0 Å². The molecule has 0 radical (unpaired) electrons. The molecule has 0 unspecified atom stereocenters. The van der Waals surface area contributed by atoms with Crippen LogP contribution >= 0.6 is 0 Å². The molecule has 0 bridgehead atoms. The van der Waals surface area contributed by atoms with Crippen LogP contribution in [0.3, 0.4) is 0 Å². The van der Waals surface area contributed by atoms with Gasteiger partial charge in [0.15, 0.2) is 0 Å². The van der Waals surface area contributed by atoms with E-state index in [9.17, 15) is 5.11 Å². The van der Waals surface area contributed by atoms with Gasteiger partial charge in [0.2, 0.25) is 0 Å². The van der Waals surface area contributed by atoms with Crippen LogP contribution in [0.4, 0.5) is 0 Å². The summed E-state index contributed by atoms with van der Waals surface area (Å²) in [5.41, 5.74) is 6.16. The van der Waals surface area contributed by atoms with Crippen LogP contribution < -0.4 is 0 Å². The first-order chi connectivity index (χ1) is 9.69. The Hall–Kier alpha value is -2.19. The highest BCUT2D eigenvalue weighted by molar-refractivity contribution is 5.85. The third-order valence-electron chi connectivity index (χ3n) is 3.62. The first-order valence-electron chi connectivity index (χ1n) is 6.76. The summed E-state index contributed by atoms with van der Waals surface area (Å²) < 4.78 is 0. The fourth-order valence-corrected chi connectivity index (χ4v) is 2.47. The molecule has 2 aromatic carbocycles. The van der Waals surface area contributed by atoms with E-state index in [0.29, 0.717) is 0 Å². The van der Waals surface area contributed by atoms with Crippen LogP contribution in [-0.2, 0) is 6.61 Å². The molecule has 0 aliphatic carbocycles. The highest BCUT2D eigenvalue weighted by atomic mass is 16.3. The molecule has 0 aliphatic heterocycles. The molecule has 1 aromatic heterocycles. The van der Waals surface area contributed by atoms with Gasteiger partial charge in [0.1, 0.15) is 0 Å². The number of aliphatic hydroxyl groups is 1. The lowest BCUT2D eigenvalue weighted by Gasteiger charge is -2.10. The van der Waals surface area contributed by atoms with E-state index in [1.165, 1.54) is 5.56 Å². The molecule has 20 heavy (non-hydrogen) atoms. The van der Waals surface area contributed by atoms with E-state index < -0.39 is 0 Å². The minimum atomic E-state index is 0.0000909. The van der Waals surface area contributed by atoms with Crippen molar-refractivity contribution >= 4 is 10.9 Å². The van der Waals surface area contributed by atoms with Crippen molar-refractivity contribution in [2.24, 2.45) is 0 Å². The number of benzene rings is 2. The number of fused-ring (bicyclic) bond motifs is 1.